The molecule has 0 amide bonds. The zero-order valence-corrected chi connectivity index (χ0v) is 31.1. The van der Waals surface area contributed by atoms with Crippen molar-refractivity contribution in [1.29, 1.82) is 0 Å². The maximum absolute atomic E-state index is 15.9. The Kier molecular flexibility index (Phi) is 8.77. The summed E-state index contributed by atoms with van der Waals surface area (Å²) in [4.78, 5) is 0. The van der Waals surface area contributed by atoms with Crippen LogP contribution in [0.25, 0.3) is 66.1 Å². The molecule has 8 aromatic rings. The molecule has 3 heteroatoms. The third kappa shape index (κ3) is 5.62. The highest BCUT2D eigenvalue weighted by Gasteiger charge is 2.53. The highest BCUT2D eigenvalue weighted by Crippen LogP contribution is 2.51. The molecule has 0 aromatic heterocycles. The first-order valence-corrected chi connectivity index (χ1v) is 18.4. The quantitative estimate of drug-likeness (QED) is 0.161. The Morgan fingerprint density at radius 1 is 0.333 bits per heavy atom. The Balaban J connectivity index is 1.38. The number of hydrogen-bond acceptors (Lipinski definition) is 0. The average Bonchev–Trinajstić information content (AvgIpc) is 3.20. The van der Waals surface area contributed by atoms with Crippen LogP contribution in [0.5, 0.6) is 0 Å². The monoisotopic (exact) mass is 710 g/mol. The zero-order chi connectivity index (χ0) is 37.8. The number of hydrogen-bond donors (Lipinski definition) is 0. The van der Waals surface area contributed by atoms with E-state index < -0.39 is 11.6 Å². The van der Waals surface area contributed by atoms with Gasteiger partial charge >= 0.3 is 6.18 Å². The van der Waals surface area contributed by atoms with E-state index in [0.717, 1.165) is 88.3 Å². The highest BCUT2D eigenvalue weighted by atomic mass is 19.4. The van der Waals surface area contributed by atoms with Crippen LogP contribution in [0.3, 0.4) is 0 Å². The van der Waals surface area contributed by atoms with Crippen LogP contribution in [0, 0.1) is 27.7 Å². The molecule has 0 fully saturated rings. The largest absolute Gasteiger partial charge is 0.402 e. The van der Waals surface area contributed by atoms with E-state index in [0.29, 0.717) is 0 Å². The summed E-state index contributed by atoms with van der Waals surface area (Å²) in [6, 6.07) is 51.6. The molecular weight excluding hydrogens is 670 g/mol. The SMILES string of the molecule is Cc1c(-c2ccccc2)c(-c2ccccc2)c(C)c2cc(C(C)(c3ccc4c(C)c(-c5ccccc5)c(-c5ccccc5)c(C)c4c3)C(F)(F)F)ccc12. The van der Waals surface area contributed by atoms with Gasteiger partial charge < -0.3 is 0 Å². The van der Waals surface area contributed by atoms with Crippen LogP contribution in [0.15, 0.2) is 158 Å². The van der Waals surface area contributed by atoms with Gasteiger partial charge in [0.1, 0.15) is 5.41 Å². The molecule has 0 saturated heterocycles. The van der Waals surface area contributed by atoms with Gasteiger partial charge in [0.15, 0.2) is 0 Å². The number of halogens is 3. The summed E-state index contributed by atoms with van der Waals surface area (Å²) in [5, 5.41) is 3.55. The van der Waals surface area contributed by atoms with E-state index in [4.69, 9.17) is 0 Å². The van der Waals surface area contributed by atoms with Gasteiger partial charge in [0.25, 0.3) is 0 Å². The lowest BCUT2D eigenvalue weighted by Gasteiger charge is -2.34. The molecule has 0 spiro atoms. The standard InChI is InChI=1S/C51H41F3/c1-32-42-28-26-40(30-44(42)34(3)48(38-22-14-8-15-23-38)46(32)36-18-10-6-11-19-36)50(5,51(52,53)54)41-27-29-43-33(2)47(37-20-12-7-13-21-37)49(35(4)45(43)31-41)39-24-16-9-17-25-39/h6-31H,1-5H3. The maximum atomic E-state index is 15.9. The molecule has 0 aliphatic heterocycles. The second-order valence-electron chi connectivity index (χ2n) is 14.6. The van der Waals surface area contributed by atoms with Crippen LogP contribution < -0.4 is 0 Å². The first-order valence-electron chi connectivity index (χ1n) is 18.4. The number of benzene rings is 8. The van der Waals surface area contributed by atoms with Crippen molar-refractivity contribution in [3.63, 3.8) is 0 Å². The number of fused-ring (bicyclic) bond motifs is 2. The van der Waals surface area contributed by atoms with E-state index in [1.54, 1.807) is 24.3 Å². The van der Waals surface area contributed by atoms with Crippen molar-refractivity contribution in [1.82, 2.24) is 0 Å². The van der Waals surface area contributed by atoms with Gasteiger partial charge in [-0.25, -0.2) is 0 Å². The van der Waals surface area contributed by atoms with Crippen molar-refractivity contribution in [3.05, 3.63) is 191 Å². The number of aryl methyl sites for hydroxylation is 4. The lowest BCUT2D eigenvalue weighted by Crippen LogP contribution is -2.40. The normalized spacial score (nSPS) is 12.1. The number of rotatable bonds is 6. The van der Waals surface area contributed by atoms with E-state index in [1.807, 2.05) is 98.8 Å². The van der Waals surface area contributed by atoms with E-state index in [2.05, 4.69) is 62.4 Å². The molecule has 266 valence electrons. The Hall–Kier alpha value is -5.93. The molecule has 0 unspecified atom stereocenters. The molecule has 8 aromatic carbocycles. The smallest absolute Gasteiger partial charge is 0.170 e. The van der Waals surface area contributed by atoms with Gasteiger partial charge in [-0.1, -0.05) is 146 Å². The lowest BCUT2D eigenvalue weighted by atomic mass is 9.73. The summed E-state index contributed by atoms with van der Waals surface area (Å²) in [5.41, 5.74) is 10.6. The molecule has 8 rings (SSSR count). The highest BCUT2D eigenvalue weighted by molar-refractivity contribution is 6.05. The second kappa shape index (κ2) is 13.5. The molecule has 0 atom stereocenters. The van der Waals surface area contributed by atoms with Crippen molar-refractivity contribution >= 4 is 21.5 Å². The van der Waals surface area contributed by atoms with E-state index in [1.165, 1.54) is 6.92 Å². The summed E-state index contributed by atoms with van der Waals surface area (Å²) < 4.78 is 47.7. The van der Waals surface area contributed by atoms with Crippen molar-refractivity contribution in [2.45, 2.75) is 46.2 Å². The van der Waals surface area contributed by atoms with Crippen LogP contribution in [-0.2, 0) is 5.41 Å². The van der Waals surface area contributed by atoms with Gasteiger partial charge in [-0.2, -0.15) is 13.2 Å². The van der Waals surface area contributed by atoms with Crippen LogP contribution in [0.4, 0.5) is 13.2 Å². The first-order chi connectivity index (χ1) is 26.0. The minimum atomic E-state index is -4.58. The third-order valence-electron chi connectivity index (χ3n) is 11.6. The minimum Gasteiger partial charge on any atom is -0.170 e. The second-order valence-corrected chi connectivity index (χ2v) is 14.6. The van der Waals surface area contributed by atoms with Gasteiger partial charge in [-0.3, -0.25) is 0 Å². The Morgan fingerprint density at radius 3 is 0.852 bits per heavy atom. The van der Waals surface area contributed by atoms with E-state index >= 15 is 13.2 Å². The van der Waals surface area contributed by atoms with E-state index in [9.17, 15) is 0 Å². The summed E-state index contributed by atoms with van der Waals surface area (Å²) in [7, 11) is 0. The fourth-order valence-corrected chi connectivity index (χ4v) is 8.63. The molecule has 54 heavy (non-hydrogen) atoms. The Labute approximate surface area is 315 Å². The number of alkyl halides is 3. The predicted octanol–water partition coefficient (Wildman–Crippen LogP) is 14.8. The van der Waals surface area contributed by atoms with Crippen molar-refractivity contribution in [3.8, 4) is 44.5 Å². The van der Waals surface area contributed by atoms with Gasteiger partial charge in [-0.15, -0.1) is 0 Å². The first kappa shape index (κ1) is 35.1. The summed E-state index contributed by atoms with van der Waals surface area (Å²) in [5.74, 6) is 0. The van der Waals surface area contributed by atoms with Crippen molar-refractivity contribution in [2.24, 2.45) is 0 Å². The topological polar surface area (TPSA) is 0 Å². The molecule has 0 aliphatic rings. The van der Waals surface area contributed by atoms with Gasteiger partial charge in [0.2, 0.25) is 0 Å². The Bertz CT molecular complexity index is 2480. The summed E-state index contributed by atoms with van der Waals surface area (Å²) in [6.45, 7) is 9.60. The molecule has 0 aliphatic carbocycles. The lowest BCUT2D eigenvalue weighted by molar-refractivity contribution is -0.173. The molecule has 0 radical (unpaired) electrons. The minimum absolute atomic E-state index is 0.217. The van der Waals surface area contributed by atoms with Crippen LogP contribution in [-0.4, -0.2) is 6.18 Å². The van der Waals surface area contributed by atoms with E-state index in [-0.39, 0.29) is 11.1 Å². The predicted molar refractivity (Wildman–Crippen MR) is 221 cm³/mol. The van der Waals surface area contributed by atoms with Gasteiger partial charge in [0, 0.05) is 0 Å². The molecule has 0 bridgehead atoms. The van der Waals surface area contributed by atoms with Crippen molar-refractivity contribution in [2.75, 3.05) is 0 Å². The van der Waals surface area contributed by atoms with Gasteiger partial charge in [0.05, 0.1) is 0 Å². The van der Waals surface area contributed by atoms with Crippen LogP contribution >= 0.6 is 0 Å². The summed E-state index contributed by atoms with van der Waals surface area (Å²) in [6.07, 6.45) is -4.58. The molecule has 0 saturated carbocycles. The van der Waals surface area contributed by atoms with Gasteiger partial charge in [-0.05, 0) is 146 Å². The molecular formula is C51H41F3. The van der Waals surface area contributed by atoms with Crippen molar-refractivity contribution < 1.29 is 13.2 Å². The average molecular weight is 711 g/mol. The zero-order valence-electron chi connectivity index (χ0n) is 31.1. The molecule has 0 nitrogen and oxygen atoms in total. The van der Waals surface area contributed by atoms with Crippen LogP contribution in [0.2, 0.25) is 0 Å². The fourth-order valence-electron chi connectivity index (χ4n) is 8.63. The third-order valence-corrected chi connectivity index (χ3v) is 11.6. The molecule has 0 N–H and O–H groups in total. The molecule has 0 heterocycles. The maximum Gasteiger partial charge on any atom is 0.402 e. The summed E-state index contributed by atoms with van der Waals surface area (Å²) >= 11 is 0. The Morgan fingerprint density at radius 2 is 0.593 bits per heavy atom. The fraction of sp³-hybridized carbons (Fsp3) is 0.137. The van der Waals surface area contributed by atoms with Crippen LogP contribution in [0.1, 0.15) is 40.3 Å².